The maximum Gasteiger partial charge on any atom is 0.273 e. The van der Waals surface area contributed by atoms with Crippen LogP contribution >= 0.6 is 0 Å². The molecule has 2 aromatic heterocycles. The highest BCUT2D eigenvalue weighted by molar-refractivity contribution is 5.77. The van der Waals surface area contributed by atoms with Crippen LogP contribution in [0.2, 0.25) is 0 Å². The molecule has 1 atom stereocenters. The molecule has 1 aromatic carbocycles. The molecule has 1 unspecified atom stereocenters. The van der Waals surface area contributed by atoms with Crippen LogP contribution in [0.5, 0.6) is 0 Å². The highest BCUT2D eigenvalue weighted by Gasteiger charge is 2.33. The van der Waals surface area contributed by atoms with E-state index in [4.69, 9.17) is 4.98 Å². The van der Waals surface area contributed by atoms with Crippen LogP contribution in [0.25, 0.3) is 10.9 Å². The van der Waals surface area contributed by atoms with E-state index in [1.807, 2.05) is 28.8 Å². The Kier molecular flexibility index (Phi) is 4.98. The van der Waals surface area contributed by atoms with Crippen molar-refractivity contribution in [3.63, 3.8) is 0 Å². The van der Waals surface area contributed by atoms with Gasteiger partial charge in [-0.3, -0.25) is 24.0 Å². The molecule has 1 aliphatic carbocycles. The number of aryl methyl sites for hydroxylation is 1. The average Bonchev–Trinajstić information content (AvgIpc) is 3.43. The van der Waals surface area contributed by atoms with Crippen LogP contribution in [0, 0.1) is 0 Å². The zero-order valence-electron chi connectivity index (χ0n) is 17.3. The third-order valence-corrected chi connectivity index (χ3v) is 6.63. The van der Waals surface area contributed by atoms with Gasteiger partial charge in [0.15, 0.2) is 0 Å². The minimum Gasteiger partial charge on any atom is -0.315 e. The van der Waals surface area contributed by atoms with Crippen LogP contribution in [-0.2, 0) is 13.6 Å². The van der Waals surface area contributed by atoms with Crippen molar-refractivity contribution < 1.29 is 0 Å². The van der Waals surface area contributed by atoms with Gasteiger partial charge in [0, 0.05) is 32.0 Å². The van der Waals surface area contributed by atoms with Crippen molar-refractivity contribution in [1.29, 1.82) is 0 Å². The van der Waals surface area contributed by atoms with Crippen molar-refractivity contribution in [3.8, 4) is 0 Å². The molecular weight excluding hydrogens is 378 g/mol. The smallest absolute Gasteiger partial charge is 0.273 e. The van der Waals surface area contributed by atoms with Gasteiger partial charge in [0.2, 0.25) is 0 Å². The summed E-state index contributed by atoms with van der Waals surface area (Å²) in [4.78, 5) is 37.6. The molecule has 0 spiro atoms. The number of rotatable bonds is 4. The molecular formula is C23H27N5O2. The molecule has 0 bridgehead atoms. The van der Waals surface area contributed by atoms with Gasteiger partial charge >= 0.3 is 0 Å². The van der Waals surface area contributed by atoms with E-state index < -0.39 is 0 Å². The van der Waals surface area contributed by atoms with Gasteiger partial charge in [0.05, 0.1) is 16.9 Å². The van der Waals surface area contributed by atoms with E-state index in [2.05, 4.69) is 9.88 Å². The zero-order valence-corrected chi connectivity index (χ0v) is 17.3. The number of benzene rings is 1. The fourth-order valence-electron chi connectivity index (χ4n) is 5.07. The molecule has 3 heterocycles. The molecule has 30 heavy (non-hydrogen) atoms. The Bertz CT molecular complexity index is 1190. The SMILES string of the molecule is Cn1ccnc(CN2CCCC2c2nc3ccccc3c(=O)n2C2CCCC2)c1=O. The van der Waals surface area contributed by atoms with Crippen LogP contribution in [0.1, 0.15) is 62.1 Å². The Morgan fingerprint density at radius 1 is 1.03 bits per heavy atom. The summed E-state index contributed by atoms with van der Waals surface area (Å²) in [5, 5.41) is 0.691. The molecule has 3 aromatic rings. The Morgan fingerprint density at radius 2 is 1.83 bits per heavy atom. The van der Waals surface area contributed by atoms with E-state index in [-0.39, 0.29) is 23.2 Å². The molecule has 0 radical (unpaired) electrons. The molecule has 156 valence electrons. The lowest BCUT2D eigenvalue weighted by molar-refractivity contribution is 0.225. The van der Waals surface area contributed by atoms with E-state index in [1.165, 1.54) is 0 Å². The van der Waals surface area contributed by atoms with Gasteiger partial charge in [0.25, 0.3) is 11.1 Å². The Hall–Kier alpha value is -2.80. The van der Waals surface area contributed by atoms with Crippen LogP contribution in [0.4, 0.5) is 0 Å². The molecule has 1 saturated carbocycles. The lowest BCUT2D eigenvalue weighted by Crippen LogP contribution is -2.35. The Labute approximate surface area is 175 Å². The first-order valence-corrected chi connectivity index (χ1v) is 10.9. The summed E-state index contributed by atoms with van der Waals surface area (Å²) in [5.74, 6) is 0.857. The van der Waals surface area contributed by atoms with E-state index in [1.54, 1.807) is 24.0 Å². The summed E-state index contributed by atoms with van der Waals surface area (Å²) >= 11 is 0. The predicted molar refractivity (Wildman–Crippen MR) is 115 cm³/mol. The number of aromatic nitrogens is 4. The van der Waals surface area contributed by atoms with E-state index in [0.29, 0.717) is 17.6 Å². The minimum atomic E-state index is -0.0668. The normalized spacial score (nSPS) is 20.4. The Morgan fingerprint density at radius 3 is 2.67 bits per heavy atom. The third-order valence-electron chi connectivity index (χ3n) is 6.63. The van der Waals surface area contributed by atoms with Crippen LogP contribution in [0.15, 0.2) is 46.2 Å². The second-order valence-electron chi connectivity index (χ2n) is 8.52. The van der Waals surface area contributed by atoms with E-state index in [9.17, 15) is 9.59 Å². The summed E-state index contributed by atoms with van der Waals surface area (Å²) in [5.41, 5.74) is 1.31. The number of nitrogens with zero attached hydrogens (tertiary/aromatic N) is 5. The lowest BCUT2D eigenvalue weighted by atomic mass is 10.1. The van der Waals surface area contributed by atoms with Crippen molar-refractivity contribution in [2.75, 3.05) is 6.54 Å². The average molecular weight is 406 g/mol. The third kappa shape index (κ3) is 3.27. The summed E-state index contributed by atoms with van der Waals surface area (Å²) < 4.78 is 3.55. The fourth-order valence-corrected chi connectivity index (χ4v) is 5.07. The van der Waals surface area contributed by atoms with Gasteiger partial charge in [-0.15, -0.1) is 0 Å². The van der Waals surface area contributed by atoms with Crippen molar-refractivity contribution >= 4 is 10.9 Å². The first kappa shape index (κ1) is 19.2. The van der Waals surface area contributed by atoms with Gasteiger partial charge in [-0.05, 0) is 44.4 Å². The molecule has 2 fully saturated rings. The fraction of sp³-hybridized carbons (Fsp3) is 0.478. The number of fused-ring (bicyclic) bond motifs is 1. The van der Waals surface area contributed by atoms with Crippen LogP contribution in [0.3, 0.4) is 0 Å². The summed E-state index contributed by atoms with van der Waals surface area (Å²) in [7, 11) is 1.75. The summed E-state index contributed by atoms with van der Waals surface area (Å²) in [6.45, 7) is 1.35. The second kappa shape index (κ2) is 7.80. The molecule has 7 heteroatoms. The predicted octanol–water partition coefficient (Wildman–Crippen LogP) is 2.94. The number of para-hydroxylation sites is 1. The maximum atomic E-state index is 13.5. The standard InChI is InChI=1S/C23H27N5O2/c1-26-14-12-24-19(23(26)30)15-27-13-6-11-20(27)21-25-18-10-5-4-9-17(18)22(29)28(21)16-7-2-3-8-16/h4-5,9-10,12,14,16,20H,2-3,6-8,11,13,15H2,1H3. The zero-order chi connectivity index (χ0) is 20.7. The monoisotopic (exact) mass is 405 g/mol. The molecule has 5 rings (SSSR count). The van der Waals surface area contributed by atoms with Gasteiger partial charge in [0.1, 0.15) is 11.5 Å². The number of hydrogen-bond donors (Lipinski definition) is 0. The molecule has 1 saturated heterocycles. The maximum absolute atomic E-state index is 13.5. The van der Waals surface area contributed by atoms with Gasteiger partial charge < -0.3 is 4.57 Å². The van der Waals surface area contributed by atoms with Crippen molar-refractivity contribution in [3.05, 3.63) is 68.9 Å². The first-order valence-electron chi connectivity index (χ1n) is 10.9. The van der Waals surface area contributed by atoms with E-state index >= 15 is 0 Å². The molecule has 7 nitrogen and oxygen atoms in total. The van der Waals surface area contributed by atoms with E-state index in [0.717, 1.165) is 56.4 Å². The Balaban J connectivity index is 1.60. The van der Waals surface area contributed by atoms with Gasteiger partial charge in [-0.1, -0.05) is 25.0 Å². The molecule has 1 aliphatic heterocycles. The minimum absolute atomic E-state index is 0.0228. The molecule has 0 amide bonds. The second-order valence-corrected chi connectivity index (χ2v) is 8.52. The highest BCUT2D eigenvalue weighted by Crippen LogP contribution is 2.36. The van der Waals surface area contributed by atoms with Crippen molar-refractivity contribution in [2.24, 2.45) is 7.05 Å². The van der Waals surface area contributed by atoms with Gasteiger partial charge in [-0.2, -0.15) is 0 Å². The quantitative estimate of drug-likeness (QED) is 0.667. The van der Waals surface area contributed by atoms with Crippen molar-refractivity contribution in [2.45, 2.75) is 57.2 Å². The number of hydrogen-bond acceptors (Lipinski definition) is 5. The largest absolute Gasteiger partial charge is 0.315 e. The van der Waals surface area contributed by atoms with Gasteiger partial charge in [-0.25, -0.2) is 4.98 Å². The lowest BCUT2D eigenvalue weighted by Gasteiger charge is -2.28. The molecule has 2 aliphatic rings. The summed E-state index contributed by atoms with van der Waals surface area (Å²) in [6.07, 6.45) is 9.67. The highest BCUT2D eigenvalue weighted by atomic mass is 16.1. The number of likely N-dealkylation sites (tertiary alicyclic amines) is 1. The van der Waals surface area contributed by atoms with Crippen LogP contribution < -0.4 is 11.1 Å². The van der Waals surface area contributed by atoms with Crippen molar-refractivity contribution in [1.82, 2.24) is 24.0 Å². The molecule has 0 N–H and O–H groups in total. The summed E-state index contributed by atoms with van der Waals surface area (Å²) in [6, 6.07) is 7.88. The first-order chi connectivity index (χ1) is 14.6. The topological polar surface area (TPSA) is 73.0 Å². The van der Waals surface area contributed by atoms with Crippen LogP contribution in [-0.4, -0.2) is 30.5 Å².